The van der Waals surface area contributed by atoms with Crippen LogP contribution in [0.1, 0.15) is 0 Å². The van der Waals surface area contributed by atoms with Gasteiger partial charge in [-0.1, -0.05) is 36.4 Å². The van der Waals surface area contributed by atoms with E-state index >= 15 is 0 Å². The molecule has 5 rings (SSSR count). The molecule has 0 saturated carbocycles. The number of hydrogen-bond donors (Lipinski definition) is 0. The average Bonchev–Trinajstić information content (AvgIpc) is 2.71. The molecule has 138 valence electrons. The van der Waals surface area contributed by atoms with E-state index in [1.165, 1.54) is 48.2 Å². The largest absolute Gasteiger partial charge is 0.488 e. The maximum atomic E-state index is 5.95. The van der Waals surface area contributed by atoms with E-state index in [2.05, 4.69) is 0 Å². The first-order chi connectivity index (χ1) is 12.8. The Bertz CT molecular complexity index is 604. The topological polar surface area (TPSA) is 18.5 Å². The Kier molecular flexibility index (Phi) is 5.14. The Balaban J connectivity index is 1.22. The standard InChI is InChI=1S/C22H30N2O2/c1-3-7-21(8-4-1)25-19-17-23-11-14-24(15-12-23,16-13-23)18-20-26-22-9-5-2-6-10-22/h1-10H,11-20H2/q+2. The van der Waals surface area contributed by atoms with Crippen LogP contribution in [0, 0.1) is 0 Å². The van der Waals surface area contributed by atoms with Crippen LogP contribution in [0.4, 0.5) is 0 Å². The lowest BCUT2D eigenvalue weighted by Gasteiger charge is -2.55. The van der Waals surface area contributed by atoms with Gasteiger partial charge in [-0.25, -0.2) is 0 Å². The molecule has 0 aromatic heterocycles. The van der Waals surface area contributed by atoms with E-state index in [9.17, 15) is 0 Å². The molecule has 0 aliphatic carbocycles. The number of nitrogens with zero attached hydrogens (tertiary/aromatic N) is 2. The highest BCUT2D eigenvalue weighted by atomic mass is 16.5. The van der Waals surface area contributed by atoms with Crippen molar-refractivity contribution < 1.29 is 18.4 Å². The van der Waals surface area contributed by atoms with Gasteiger partial charge in [-0.2, -0.15) is 0 Å². The van der Waals surface area contributed by atoms with E-state index in [1.54, 1.807) is 0 Å². The molecule has 26 heavy (non-hydrogen) atoms. The van der Waals surface area contributed by atoms with Crippen LogP contribution in [0.15, 0.2) is 60.7 Å². The van der Waals surface area contributed by atoms with E-state index in [1.807, 2.05) is 60.7 Å². The molecule has 2 aromatic rings. The van der Waals surface area contributed by atoms with Crippen LogP contribution in [0.25, 0.3) is 0 Å². The van der Waals surface area contributed by atoms with Crippen LogP contribution < -0.4 is 9.47 Å². The second-order valence-electron chi connectivity index (χ2n) is 7.80. The van der Waals surface area contributed by atoms with Gasteiger partial charge in [0.05, 0.1) is 0 Å². The van der Waals surface area contributed by atoms with Crippen molar-refractivity contribution >= 4 is 0 Å². The number of fused-ring (bicyclic) bond motifs is 3. The van der Waals surface area contributed by atoms with Gasteiger partial charge in [-0.3, -0.25) is 0 Å². The van der Waals surface area contributed by atoms with Crippen LogP contribution in [0.5, 0.6) is 11.5 Å². The zero-order chi connectivity index (χ0) is 17.7. The third kappa shape index (κ3) is 4.02. The van der Waals surface area contributed by atoms with Crippen LogP contribution >= 0.6 is 0 Å². The molecule has 3 aliphatic heterocycles. The molecule has 0 N–H and O–H groups in total. The van der Waals surface area contributed by atoms with Crippen molar-refractivity contribution in [2.24, 2.45) is 0 Å². The molecule has 4 heteroatoms. The fourth-order valence-corrected chi connectivity index (χ4v) is 4.36. The number of benzene rings is 2. The Hall–Kier alpha value is -2.04. The third-order valence-electron chi connectivity index (χ3n) is 6.30. The second-order valence-corrected chi connectivity index (χ2v) is 7.80. The van der Waals surface area contributed by atoms with Gasteiger partial charge < -0.3 is 18.4 Å². The first-order valence-corrected chi connectivity index (χ1v) is 9.84. The summed E-state index contributed by atoms with van der Waals surface area (Å²) in [7, 11) is 0. The smallest absolute Gasteiger partial charge is 0.137 e. The zero-order valence-electron chi connectivity index (χ0n) is 15.6. The highest BCUT2D eigenvalue weighted by Crippen LogP contribution is 2.26. The van der Waals surface area contributed by atoms with Gasteiger partial charge in [0.15, 0.2) is 0 Å². The van der Waals surface area contributed by atoms with Crippen LogP contribution in [-0.2, 0) is 0 Å². The molecule has 0 unspecified atom stereocenters. The number of ether oxygens (including phenoxy) is 2. The normalized spacial score (nSPS) is 27.2. The molecular formula is C22H30N2O2+2. The molecule has 4 nitrogen and oxygen atoms in total. The minimum Gasteiger partial charge on any atom is -0.488 e. The van der Waals surface area contributed by atoms with E-state index in [4.69, 9.17) is 9.47 Å². The maximum absolute atomic E-state index is 5.95. The molecule has 3 saturated heterocycles. The summed E-state index contributed by atoms with van der Waals surface area (Å²) in [6.07, 6.45) is 0. The van der Waals surface area contributed by atoms with Gasteiger partial charge in [0.2, 0.25) is 0 Å². The molecule has 0 spiro atoms. The summed E-state index contributed by atoms with van der Waals surface area (Å²) in [6, 6.07) is 20.4. The summed E-state index contributed by atoms with van der Waals surface area (Å²) in [6.45, 7) is 11.6. The van der Waals surface area contributed by atoms with E-state index in [-0.39, 0.29) is 0 Å². The van der Waals surface area contributed by atoms with Gasteiger partial charge in [0.1, 0.15) is 77.1 Å². The van der Waals surface area contributed by atoms with Gasteiger partial charge in [-0.15, -0.1) is 0 Å². The molecule has 0 atom stereocenters. The van der Waals surface area contributed by atoms with Crippen molar-refractivity contribution in [1.82, 2.24) is 0 Å². The van der Waals surface area contributed by atoms with Crippen molar-refractivity contribution in [2.75, 3.05) is 65.6 Å². The number of piperazine rings is 3. The lowest BCUT2D eigenvalue weighted by Crippen LogP contribution is -2.75. The number of para-hydroxylation sites is 2. The number of hydrogen-bond acceptors (Lipinski definition) is 2. The lowest BCUT2D eigenvalue weighted by atomic mass is 10.1. The Morgan fingerprint density at radius 1 is 0.538 bits per heavy atom. The van der Waals surface area contributed by atoms with Crippen LogP contribution in [0.2, 0.25) is 0 Å². The molecule has 2 aromatic carbocycles. The molecule has 2 bridgehead atoms. The minimum absolute atomic E-state index is 0.821. The Morgan fingerprint density at radius 2 is 0.885 bits per heavy atom. The predicted octanol–water partition coefficient (Wildman–Crippen LogP) is 2.81. The van der Waals surface area contributed by atoms with Crippen molar-refractivity contribution in [3.63, 3.8) is 0 Å². The Labute approximate surface area is 156 Å². The van der Waals surface area contributed by atoms with Crippen molar-refractivity contribution in [3.05, 3.63) is 60.7 Å². The molecule has 0 radical (unpaired) electrons. The first kappa shape index (κ1) is 17.4. The Morgan fingerprint density at radius 3 is 1.23 bits per heavy atom. The monoisotopic (exact) mass is 354 g/mol. The summed E-state index contributed by atoms with van der Waals surface area (Å²) < 4.78 is 14.4. The highest BCUT2D eigenvalue weighted by Gasteiger charge is 2.48. The summed E-state index contributed by atoms with van der Waals surface area (Å²) in [5.74, 6) is 1.98. The predicted molar refractivity (Wildman–Crippen MR) is 103 cm³/mol. The van der Waals surface area contributed by atoms with Crippen molar-refractivity contribution in [1.29, 1.82) is 0 Å². The summed E-state index contributed by atoms with van der Waals surface area (Å²) in [4.78, 5) is 0. The SMILES string of the molecule is c1ccc(OCC[N+]23CC[N+](CCOc4ccccc4)(CC2)CC3)cc1. The molecule has 3 fully saturated rings. The molecule has 3 heterocycles. The molecule has 3 aliphatic rings. The van der Waals surface area contributed by atoms with Crippen LogP contribution in [-0.4, -0.2) is 74.5 Å². The third-order valence-corrected chi connectivity index (χ3v) is 6.30. The van der Waals surface area contributed by atoms with Gasteiger partial charge in [0, 0.05) is 0 Å². The lowest BCUT2D eigenvalue weighted by molar-refractivity contribution is -1.08. The fourth-order valence-electron chi connectivity index (χ4n) is 4.36. The first-order valence-electron chi connectivity index (χ1n) is 9.84. The average molecular weight is 354 g/mol. The van der Waals surface area contributed by atoms with Gasteiger partial charge in [0.25, 0.3) is 0 Å². The van der Waals surface area contributed by atoms with Crippen molar-refractivity contribution in [2.45, 2.75) is 0 Å². The van der Waals surface area contributed by atoms with Gasteiger partial charge >= 0.3 is 0 Å². The van der Waals surface area contributed by atoms with E-state index in [0.717, 1.165) is 37.8 Å². The summed E-state index contributed by atoms with van der Waals surface area (Å²) in [5.41, 5.74) is 0. The highest BCUT2D eigenvalue weighted by molar-refractivity contribution is 5.21. The number of quaternary nitrogens is 2. The van der Waals surface area contributed by atoms with Crippen LogP contribution in [0.3, 0.4) is 0 Å². The fraction of sp³-hybridized carbons (Fsp3) is 0.455. The number of rotatable bonds is 8. The molecule has 0 amide bonds. The summed E-state index contributed by atoms with van der Waals surface area (Å²) >= 11 is 0. The minimum atomic E-state index is 0.821. The second kappa shape index (κ2) is 7.68. The van der Waals surface area contributed by atoms with Crippen molar-refractivity contribution in [3.8, 4) is 11.5 Å². The van der Waals surface area contributed by atoms with E-state index in [0.29, 0.717) is 0 Å². The quantitative estimate of drug-likeness (QED) is 0.679. The van der Waals surface area contributed by atoms with Gasteiger partial charge in [-0.05, 0) is 24.3 Å². The van der Waals surface area contributed by atoms with E-state index < -0.39 is 0 Å². The molecular weight excluding hydrogens is 324 g/mol. The zero-order valence-corrected chi connectivity index (χ0v) is 15.6. The maximum Gasteiger partial charge on any atom is 0.137 e. The summed E-state index contributed by atoms with van der Waals surface area (Å²) in [5, 5.41) is 0.